The lowest BCUT2D eigenvalue weighted by molar-refractivity contribution is 0.0427. The molecule has 3 N–H and O–H groups in total. The Morgan fingerprint density at radius 3 is 1.89 bits per heavy atom. The van der Waals surface area contributed by atoms with Gasteiger partial charge in [0.15, 0.2) is 8.32 Å². The molecule has 0 bridgehead atoms. The van der Waals surface area contributed by atoms with Crippen LogP contribution in [-0.2, 0) is 18.0 Å². The summed E-state index contributed by atoms with van der Waals surface area (Å²) in [7, 11) is -3.22. The van der Waals surface area contributed by atoms with E-state index in [1.54, 1.807) is 7.11 Å². The molecule has 0 fully saturated rings. The van der Waals surface area contributed by atoms with Crippen molar-refractivity contribution in [3.8, 4) is 0 Å². The third-order valence-electron chi connectivity index (χ3n) is 6.93. The summed E-state index contributed by atoms with van der Waals surface area (Å²) < 4.78 is 25.1. The highest BCUT2D eigenvalue weighted by atomic mass is 28.4. The van der Waals surface area contributed by atoms with Crippen molar-refractivity contribution in [1.82, 2.24) is 5.32 Å². The van der Waals surface area contributed by atoms with Crippen molar-refractivity contribution in [2.75, 3.05) is 26.9 Å². The zero-order valence-corrected chi connectivity index (χ0v) is 26.8. The highest BCUT2D eigenvalue weighted by Gasteiger charge is 2.51. The first-order valence-electron chi connectivity index (χ1n) is 12.9. The summed E-state index contributed by atoms with van der Waals surface area (Å²) in [6.07, 6.45) is -0.498. The molecule has 0 saturated carbocycles. The van der Waals surface area contributed by atoms with Gasteiger partial charge in [0.05, 0.1) is 12.6 Å². The maximum atomic E-state index is 12.8. The van der Waals surface area contributed by atoms with E-state index in [2.05, 4.69) is 72.1 Å². The van der Waals surface area contributed by atoms with Crippen LogP contribution in [0.25, 0.3) is 0 Å². The Balaban J connectivity index is 3.29. The van der Waals surface area contributed by atoms with Crippen LogP contribution in [0.15, 0.2) is 30.3 Å². The van der Waals surface area contributed by atoms with Crippen LogP contribution < -0.4 is 16.2 Å². The molecule has 0 heterocycles. The van der Waals surface area contributed by atoms with Gasteiger partial charge in [0.2, 0.25) is 0 Å². The van der Waals surface area contributed by atoms with E-state index < -0.39 is 34.6 Å². The molecule has 1 aromatic carbocycles. The summed E-state index contributed by atoms with van der Waals surface area (Å²) >= 11 is 0. The number of hydrogen-bond donors (Lipinski definition) is 2. The number of rotatable bonds is 11. The number of alkyl carbamates (subject to hydrolysis) is 1. The number of carbonyl (C=O) groups is 1. The molecule has 9 heteroatoms. The molecule has 0 aromatic heterocycles. The molecule has 208 valence electrons. The van der Waals surface area contributed by atoms with Crippen LogP contribution in [0.4, 0.5) is 4.79 Å². The fourth-order valence-electron chi connectivity index (χ4n) is 3.72. The Bertz CT molecular complexity index is 816. The summed E-state index contributed by atoms with van der Waals surface area (Å²) in [5.74, 6) is -0.161. The lowest BCUT2D eigenvalue weighted by atomic mass is 10.0. The van der Waals surface area contributed by atoms with Gasteiger partial charge < -0.3 is 29.1 Å². The van der Waals surface area contributed by atoms with Gasteiger partial charge in [-0.05, 0) is 50.6 Å². The molecule has 1 rings (SSSR count). The number of ether oxygens (including phenoxy) is 1. The monoisotopic (exact) mass is 540 g/mol. The highest BCUT2D eigenvalue weighted by molar-refractivity contribution is 6.83. The molecule has 36 heavy (non-hydrogen) atoms. The normalized spacial score (nSPS) is 16.7. The largest absolute Gasteiger partial charge is 0.444 e. The first kappa shape index (κ1) is 32.8. The molecule has 0 aliphatic carbocycles. The van der Waals surface area contributed by atoms with E-state index in [0.29, 0.717) is 13.2 Å². The minimum Gasteiger partial charge on any atom is -0.444 e. The Hall–Kier alpha value is -1.24. The summed E-state index contributed by atoms with van der Waals surface area (Å²) in [6.45, 7) is 24.0. The van der Waals surface area contributed by atoms with Gasteiger partial charge in [-0.2, -0.15) is 0 Å². The SMILES string of the molecule is CO[Si](OCC(NC(=O)OC(C)(C)C)C(CN)CO[Si](C)(C)C(C)(C)C)(c1ccccc1)C(C)(C)C. The summed E-state index contributed by atoms with van der Waals surface area (Å²) in [5.41, 5.74) is 5.63. The van der Waals surface area contributed by atoms with Gasteiger partial charge in [-0.3, -0.25) is 0 Å². The zero-order chi connectivity index (χ0) is 28.0. The van der Waals surface area contributed by atoms with Crippen molar-refractivity contribution in [3.05, 3.63) is 30.3 Å². The molecule has 7 nitrogen and oxygen atoms in total. The number of carbonyl (C=O) groups excluding carboxylic acids is 1. The van der Waals surface area contributed by atoms with E-state index >= 15 is 0 Å². The maximum absolute atomic E-state index is 12.8. The first-order chi connectivity index (χ1) is 16.3. The van der Waals surface area contributed by atoms with Crippen molar-refractivity contribution in [2.45, 2.75) is 97.1 Å². The molecule has 1 aromatic rings. The predicted octanol–water partition coefficient (Wildman–Crippen LogP) is 5.29. The molecule has 0 aliphatic heterocycles. The van der Waals surface area contributed by atoms with Gasteiger partial charge in [0.25, 0.3) is 0 Å². The predicted molar refractivity (Wildman–Crippen MR) is 153 cm³/mol. The lowest BCUT2D eigenvalue weighted by Crippen LogP contribution is -2.62. The van der Waals surface area contributed by atoms with Gasteiger partial charge in [-0.1, -0.05) is 71.9 Å². The number of amides is 1. The summed E-state index contributed by atoms with van der Waals surface area (Å²) in [4.78, 5) is 12.8. The zero-order valence-electron chi connectivity index (χ0n) is 24.8. The number of nitrogens with one attached hydrogen (secondary N) is 1. The molecule has 1 amide bonds. The van der Waals surface area contributed by atoms with Crippen LogP contribution in [-0.4, -0.2) is 61.5 Å². The summed E-state index contributed by atoms with van der Waals surface area (Å²) in [5, 5.41) is 3.87. The van der Waals surface area contributed by atoms with Crippen LogP contribution in [0.5, 0.6) is 0 Å². The standard InChI is InChI=1S/C27H52N2O5Si2/c1-25(2,3)34-24(30)29-23(21(18-28)19-32-35(11,12)26(4,5)6)20-33-36(31-10,27(7,8)9)22-16-14-13-15-17-22/h13-17,21,23H,18-20,28H2,1-12H3,(H,29,30). The number of nitrogens with two attached hydrogens (primary N) is 1. The van der Waals surface area contributed by atoms with E-state index in [1.165, 1.54) is 0 Å². The second-order valence-corrected chi connectivity index (χ2v) is 21.9. The molecule has 0 saturated heterocycles. The van der Waals surface area contributed by atoms with Crippen LogP contribution in [0.1, 0.15) is 62.3 Å². The highest BCUT2D eigenvalue weighted by Crippen LogP contribution is 2.38. The number of benzene rings is 1. The molecule has 0 aliphatic rings. The van der Waals surface area contributed by atoms with Crippen molar-refractivity contribution < 1.29 is 22.8 Å². The van der Waals surface area contributed by atoms with E-state index in [0.717, 1.165) is 5.19 Å². The third-order valence-corrected chi connectivity index (χ3v) is 15.7. The molecule has 3 atom stereocenters. The molecular weight excluding hydrogens is 488 g/mol. The number of hydrogen-bond acceptors (Lipinski definition) is 6. The molecule has 3 unspecified atom stereocenters. The Labute approximate surface area is 222 Å². The van der Waals surface area contributed by atoms with E-state index in [-0.39, 0.29) is 22.6 Å². The smallest absolute Gasteiger partial charge is 0.407 e. The van der Waals surface area contributed by atoms with Gasteiger partial charge in [-0.15, -0.1) is 0 Å². The van der Waals surface area contributed by atoms with Crippen LogP contribution in [0, 0.1) is 5.92 Å². The van der Waals surface area contributed by atoms with Gasteiger partial charge in [0.1, 0.15) is 5.60 Å². The van der Waals surface area contributed by atoms with E-state index in [9.17, 15) is 4.79 Å². The maximum Gasteiger partial charge on any atom is 0.407 e. The van der Waals surface area contributed by atoms with Crippen molar-refractivity contribution >= 4 is 28.2 Å². The Morgan fingerprint density at radius 2 is 1.47 bits per heavy atom. The van der Waals surface area contributed by atoms with Gasteiger partial charge >= 0.3 is 14.7 Å². The van der Waals surface area contributed by atoms with Crippen LogP contribution in [0.2, 0.25) is 23.2 Å². The van der Waals surface area contributed by atoms with E-state index in [1.807, 2.05) is 39.0 Å². The topological polar surface area (TPSA) is 92.0 Å². The van der Waals surface area contributed by atoms with Crippen LogP contribution in [0.3, 0.4) is 0 Å². The fourth-order valence-corrected chi connectivity index (χ4v) is 8.26. The molecule has 0 radical (unpaired) electrons. The fraction of sp³-hybridized carbons (Fsp3) is 0.741. The molecular formula is C27H52N2O5Si2. The second-order valence-electron chi connectivity index (χ2n) is 13.1. The van der Waals surface area contributed by atoms with E-state index in [4.69, 9.17) is 23.7 Å². The third kappa shape index (κ3) is 8.95. The Morgan fingerprint density at radius 1 is 0.917 bits per heavy atom. The Kier molecular flexibility index (Phi) is 11.4. The average Bonchev–Trinajstić information content (AvgIpc) is 2.72. The quantitative estimate of drug-likeness (QED) is 0.371. The minimum atomic E-state index is -2.92. The van der Waals surface area contributed by atoms with Gasteiger partial charge in [0, 0.05) is 24.7 Å². The van der Waals surface area contributed by atoms with Gasteiger partial charge in [-0.25, -0.2) is 4.79 Å². The summed E-state index contributed by atoms with van der Waals surface area (Å²) in [6, 6.07) is 9.67. The average molecular weight is 541 g/mol. The van der Waals surface area contributed by atoms with Crippen molar-refractivity contribution in [3.63, 3.8) is 0 Å². The van der Waals surface area contributed by atoms with Crippen molar-refractivity contribution in [2.24, 2.45) is 11.7 Å². The molecule has 0 spiro atoms. The minimum absolute atomic E-state index is 0.0639. The second kappa shape index (κ2) is 12.5. The first-order valence-corrected chi connectivity index (χ1v) is 17.6. The van der Waals surface area contributed by atoms with Crippen molar-refractivity contribution in [1.29, 1.82) is 0 Å². The van der Waals surface area contributed by atoms with Crippen LogP contribution >= 0.6 is 0 Å². The lowest BCUT2D eigenvalue weighted by Gasteiger charge is -2.42.